The maximum absolute atomic E-state index is 11.6. The van der Waals surface area contributed by atoms with E-state index in [0.29, 0.717) is 5.25 Å². The predicted octanol–water partition coefficient (Wildman–Crippen LogP) is 1.49. The van der Waals surface area contributed by atoms with Gasteiger partial charge in [-0.15, -0.1) is 0 Å². The number of rotatable bonds is 5. The second-order valence-electron chi connectivity index (χ2n) is 4.02. The molecule has 4 nitrogen and oxygen atoms in total. The summed E-state index contributed by atoms with van der Waals surface area (Å²) in [6.07, 6.45) is 2.83. The summed E-state index contributed by atoms with van der Waals surface area (Å²) in [6.45, 7) is 3.52. The van der Waals surface area contributed by atoms with Crippen molar-refractivity contribution in [2.45, 2.75) is 49.7 Å². The van der Waals surface area contributed by atoms with Crippen molar-refractivity contribution in [2.75, 3.05) is 5.75 Å². The minimum absolute atomic E-state index is 0.0184. The quantitative estimate of drug-likeness (QED) is 0.815. The minimum Gasteiger partial charge on any atom is -0.211 e. The van der Waals surface area contributed by atoms with Crippen LogP contribution in [-0.2, 0) is 10.0 Å². The molecule has 0 aliphatic heterocycles. The van der Waals surface area contributed by atoms with Gasteiger partial charge < -0.3 is 0 Å². The summed E-state index contributed by atoms with van der Waals surface area (Å²) < 4.78 is 25.9. The molecule has 0 heterocycles. The van der Waals surface area contributed by atoms with E-state index in [1.54, 1.807) is 6.07 Å². The van der Waals surface area contributed by atoms with Crippen LogP contribution < -0.4 is 4.72 Å². The summed E-state index contributed by atoms with van der Waals surface area (Å²) in [5.74, 6) is 1.07. The average Bonchev–Trinajstić information content (AvgIpc) is 2.64. The lowest BCUT2D eigenvalue weighted by Crippen LogP contribution is -2.38. The Hall–Kier alpha value is -0.250. The lowest BCUT2D eigenvalue weighted by Gasteiger charge is -2.14. The van der Waals surface area contributed by atoms with Gasteiger partial charge in [0.1, 0.15) is 0 Å². The third kappa shape index (κ3) is 3.65. The summed E-state index contributed by atoms with van der Waals surface area (Å²) in [5, 5.41) is 8.20. The highest BCUT2D eigenvalue weighted by Gasteiger charge is 2.30. The largest absolute Gasteiger partial charge is 0.227 e. The van der Waals surface area contributed by atoms with Crippen LogP contribution in [0.2, 0.25) is 0 Å². The zero-order valence-electron chi connectivity index (χ0n) is 9.64. The van der Waals surface area contributed by atoms with Gasteiger partial charge in [-0.3, -0.25) is 0 Å². The molecule has 0 spiro atoms. The third-order valence-electron chi connectivity index (χ3n) is 2.77. The predicted molar refractivity (Wildman–Crippen MR) is 66.7 cm³/mol. The van der Waals surface area contributed by atoms with Gasteiger partial charge in [-0.2, -0.15) is 17.0 Å². The van der Waals surface area contributed by atoms with E-state index < -0.39 is 15.3 Å². The van der Waals surface area contributed by atoms with E-state index in [1.807, 2.05) is 11.8 Å². The second kappa shape index (κ2) is 5.89. The molecule has 1 fully saturated rings. The maximum Gasteiger partial charge on any atom is 0.227 e. The van der Waals surface area contributed by atoms with Gasteiger partial charge in [0.15, 0.2) is 5.25 Å². The zero-order chi connectivity index (χ0) is 12.2. The molecule has 0 bridgehead atoms. The van der Waals surface area contributed by atoms with E-state index in [0.717, 1.165) is 25.0 Å². The molecule has 1 N–H and O–H groups in total. The summed E-state index contributed by atoms with van der Waals surface area (Å²) in [5.41, 5.74) is 0. The first kappa shape index (κ1) is 13.8. The van der Waals surface area contributed by atoms with E-state index in [2.05, 4.69) is 11.6 Å². The highest BCUT2D eigenvalue weighted by Crippen LogP contribution is 2.30. The summed E-state index contributed by atoms with van der Waals surface area (Å²) in [4.78, 5) is 0. The summed E-state index contributed by atoms with van der Waals surface area (Å²) >= 11 is 1.88. The zero-order valence-corrected chi connectivity index (χ0v) is 11.3. The van der Waals surface area contributed by atoms with Gasteiger partial charge in [-0.05, 0) is 31.9 Å². The van der Waals surface area contributed by atoms with Crippen molar-refractivity contribution in [3.8, 4) is 6.07 Å². The summed E-state index contributed by atoms with van der Waals surface area (Å²) in [7, 11) is -3.45. The van der Waals surface area contributed by atoms with Crippen LogP contribution in [0, 0.1) is 11.3 Å². The molecule has 6 heteroatoms. The van der Waals surface area contributed by atoms with E-state index >= 15 is 0 Å². The number of thioether (sulfide) groups is 1. The average molecular weight is 262 g/mol. The lowest BCUT2D eigenvalue weighted by molar-refractivity contribution is 0.548. The van der Waals surface area contributed by atoms with Crippen LogP contribution in [0.3, 0.4) is 0 Å². The first-order chi connectivity index (χ1) is 7.49. The number of hydrogen-bond donors (Lipinski definition) is 1. The number of nitrogens with zero attached hydrogens (tertiary/aromatic N) is 1. The van der Waals surface area contributed by atoms with E-state index in [-0.39, 0.29) is 6.04 Å². The van der Waals surface area contributed by atoms with Crippen molar-refractivity contribution in [1.82, 2.24) is 4.72 Å². The molecule has 1 rings (SSSR count). The van der Waals surface area contributed by atoms with Crippen LogP contribution in [0.15, 0.2) is 0 Å². The molecule has 0 aromatic heterocycles. The van der Waals surface area contributed by atoms with Gasteiger partial charge in [0.05, 0.1) is 6.07 Å². The van der Waals surface area contributed by atoms with E-state index in [1.165, 1.54) is 6.92 Å². The Balaban J connectivity index is 2.49. The molecule has 0 aromatic rings. The normalized spacial score (nSPS) is 27.6. The van der Waals surface area contributed by atoms with Crippen molar-refractivity contribution in [3.63, 3.8) is 0 Å². The highest BCUT2D eigenvalue weighted by molar-refractivity contribution is 7.99. The van der Waals surface area contributed by atoms with Gasteiger partial charge in [0, 0.05) is 11.3 Å². The number of sulfonamides is 1. The Morgan fingerprint density at radius 3 is 2.81 bits per heavy atom. The Morgan fingerprint density at radius 1 is 1.56 bits per heavy atom. The van der Waals surface area contributed by atoms with Crippen LogP contribution in [-0.4, -0.2) is 30.7 Å². The van der Waals surface area contributed by atoms with Crippen molar-refractivity contribution in [1.29, 1.82) is 5.26 Å². The van der Waals surface area contributed by atoms with Crippen LogP contribution in [0.5, 0.6) is 0 Å². The third-order valence-corrected chi connectivity index (χ3v) is 5.70. The van der Waals surface area contributed by atoms with Crippen LogP contribution in [0.25, 0.3) is 0 Å². The highest BCUT2D eigenvalue weighted by atomic mass is 32.2. The molecule has 0 saturated heterocycles. The Kier molecular flexibility index (Phi) is 5.09. The fourth-order valence-corrected chi connectivity index (χ4v) is 4.00. The van der Waals surface area contributed by atoms with Crippen molar-refractivity contribution in [2.24, 2.45) is 0 Å². The molecule has 3 atom stereocenters. The fraction of sp³-hybridized carbons (Fsp3) is 0.900. The van der Waals surface area contributed by atoms with Crippen molar-refractivity contribution < 1.29 is 8.42 Å². The second-order valence-corrected chi connectivity index (χ2v) is 7.63. The lowest BCUT2D eigenvalue weighted by atomic mass is 10.3. The molecular weight excluding hydrogens is 244 g/mol. The molecule has 0 radical (unpaired) electrons. The Labute approximate surface area is 102 Å². The molecule has 0 amide bonds. The fourth-order valence-electron chi connectivity index (χ4n) is 1.84. The smallest absolute Gasteiger partial charge is 0.211 e. The van der Waals surface area contributed by atoms with Crippen LogP contribution >= 0.6 is 11.8 Å². The molecule has 3 unspecified atom stereocenters. The molecular formula is C10H18N2O2S2. The van der Waals surface area contributed by atoms with Crippen molar-refractivity contribution >= 4 is 21.8 Å². The van der Waals surface area contributed by atoms with Gasteiger partial charge in [-0.25, -0.2) is 13.1 Å². The van der Waals surface area contributed by atoms with Crippen LogP contribution in [0.4, 0.5) is 0 Å². The molecule has 16 heavy (non-hydrogen) atoms. The van der Waals surface area contributed by atoms with Crippen LogP contribution in [0.1, 0.15) is 33.1 Å². The van der Waals surface area contributed by atoms with Gasteiger partial charge >= 0.3 is 0 Å². The van der Waals surface area contributed by atoms with E-state index in [4.69, 9.17) is 5.26 Å². The monoisotopic (exact) mass is 262 g/mol. The molecule has 92 valence electrons. The molecule has 1 aliphatic rings. The number of nitriles is 1. The molecule has 1 saturated carbocycles. The number of hydrogen-bond acceptors (Lipinski definition) is 4. The minimum atomic E-state index is -3.45. The first-order valence-corrected chi connectivity index (χ1v) is 8.11. The van der Waals surface area contributed by atoms with Gasteiger partial charge in [-0.1, -0.05) is 6.92 Å². The summed E-state index contributed by atoms with van der Waals surface area (Å²) in [6, 6.07) is 1.78. The van der Waals surface area contributed by atoms with Gasteiger partial charge in [0.25, 0.3) is 0 Å². The molecule has 0 aromatic carbocycles. The topological polar surface area (TPSA) is 70.0 Å². The van der Waals surface area contributed by atoms with Gasteiger partial charge in [0.2, 0.25) is 10.0 Å². The Bertz CT molecular complexity index is 362. The SMILES string of the molecule is CCSC1CCC(NS(=O)(=O)C(C)C#N)C1. The van der Waals surface area contributed by atoms with E-state index in [9.17, 15) is 8.42 Å². The number of nitrogens with one attached hydrogen (secondary N) is 1. The standard InChI is InChI=1S/C10H18N2O2S2/c1-3-15-10-5-4-9(6-10)12-16(13,14)8(2)7-11/h8-10,12H,3-6H2,1-2H3. The maximum atomic E-state index is 11.6. The van der Waals surface area contributed by atoms with Crippen molar-refractivity contribution in [3.05, 3.63) is 0 Å². The Morgan fingerprint density at radius 2 is 2.25 bits per heavy atom. The first-order valence-electron chi connectivity index (χ1n) is 5.52. The molecule has 1 aliphatic carbocycles.